The lowest BCUT2D eigenvalue weighted by molar-refractivity contribution is -0.167. The summed E-state index contributed by atoms with van der Waals surface area (Å²) in [6.45, 7) is 6.71. The highest BCUT2D eigenvalue weighted by Gasteiger charge is 2.20. The first-order valence-corrected chi connectivity index (χ1v) is 37.5. The zero-order chi connectivity index (χ0) is 59.9. The monoisotopic (exact) mass is 1170 g/mol. The fourth-order valence-corrected chi connectivity index (χ4v) is 11.5. The highest BCUT2D eigenvalue weighted by Crippen LogP contribution is 2.19. The molecule has 0 aliphatic rings. The first kappa shape index (κ1) is 80.6. The van der Waals surface area contributed by atoms with Gasteiger partial charge < -0.3 is 14.2 Å². The summed E-state index contributed by atoms with van der Waals surface area (Å²) in [4.78, 5) is 38.5. The number of allylic oxidation sites excluding steroid dienone is 6. The predicted octanol–water partition coefficient (Wildman–Crippen LogP) is 25.9. The van der Waals surface area contributed by atoms with Crippen molar-refractivity contribution in [1.29, 1.82) is 0 Å². The second-order valence-electron chi connectivity index (χ2n) is 25.6. The second-order valence-corrected chi connectivity index (χ2v) is 25.6. The van der Waals surface area contributed by atoms with Crippen molar-refractivity contribution < 1.29 is 28.6 Å². The van der Waals surface area contributed by atoms with E-state index in [4.69, 9.17) is 14.2 Å². The summed E-state index contributed by atoms with van der Waals surface area (Å²) in [6, 6.07) is 0. The average Bonchev–Trinajstić information content (AvgIpc) is 3.50. The maximum atomic E-state index is 13.0. The molecular weight excluding hydrogens is 1020 g/mol. The smallest absolute Gasteiger partial charge is 0.306 e. The number of esters is 3. The average molecular weight is 1170 g/mol. The summed E-state index contributed by atoms with van der Waals surface area (Å²) < 4.78 is 17.0. The Morgan fingerprint density at radius 1 is 0.241 bits per heavy atom. The zero-order valence-corrected chi connectivity index (χ0v) is 56.2. The predicted molar refractivity (Wildman–Crippen MR) is 362 cm³/mol. The number of hydrogen-bond acceptors (Lipinski definition) is 6. The van der Waals surface area contributed by atoms with Crippen molar-refractivity contribution in [3.63, 3.8) is 0 Å². The molecule has 0 spiro atoms. The maximum Gasteiger partial charge on any atom is 0.306 e. The molecule has 0 fully saturated rings. The second kappa shape index (κ2) is 72.1. The Kier molecular flexibility index (Phi) is 70.0. The Labute approximate surface area is 518 Å². The van der Waals surface area contributed by atoms with Crippen LogP contribution in [0.5, 0.6) is 0 Å². The van der Waals surface area contributed by atoms with E-state index >= 15 is 0 Å². The van der Waals surface area contributed by atoms with Crippen LogP contribution >= 0.6 is 0 Å². The van der Waals surface area contributed by atoms with E-state index in [1.54, 1.807) is 0 Å². The molecule has 0 aromatic rings. The summed E-state index contributed by atoms with van der Waals surface area (Å²) in [5.74, 6) is -0.842. The molecule has 6 heteroatoms. The van der Waals surface area contributed by atoms with Crippen molar-refractivity contribution >= 4 is 17.9 Å². The third kappa shape index (κ3) is 70.3. The van der Waals surface area contributed by atoms with E-state index in [0.29, 0.717) is 19.3 Å². The molecule has 0 aromatic heterocycles. The van der Waals surface area contributed by atoms with E-state index in [9.17, 15) is 14.4 Å². The van der Waals surface area contributed by atoms with E-state index in [1.165, 1.54) is 302 Å². The number of carbonyl (C=O) groups excluding carboxylic acids is 3. The third-order valence-electron chi connectivity index (χ3n) is 17.1. The molecule has 0 saturated heterocycles. The van der Waals surface area contributed by atoms with Crippen LogP contribution < -0.4 is 0 Å². The summed E-state index contributed by atoms with van der Waals surface area (Å²) in [5.41, 5.74) is 0. The fourth-order valence-electron chi connectivity index (χ4n) is 11.5. The van der Waals surface area contributed by atoms with Crippen LogP contribution in [0.3, 0.4) is 0 Å². The molecule has 0 aliphatic heterocycles. The van der Waals surface area contributed by atoms with Gasteiger partial charge in [0.15, 0.2) is 6.10 Å². The van der Waals surface area contributed by atoms with Gasteiger partial charge in [-0.25, -0.2) is 0 Å². The van der Waals surface area contributed by atoms with Gasteiger partial charge in [-0.2, -0.15) is 0 Å². The van der Waals surface area contributed by atoms with Crippen molar-refractivity contribution in [2.75, 3.05) is 13.2 Å². The molecule has 0 rings (SSSR count). The molecule has 83 heavy (non-hydrogen) atoms. The van der Waals surface area contributed by atoms with Crippen LogP contribution in [0.4, 0.5) is 0 Å². The number of unbranched alkanes of at least 4 members (excludes halogenated alkanes) is 53. The van der Waals surface area contributed by atoms with Gasteiger partial charge in [0.25, 0.3) is 0 Å². The van der Waals surface area contributed by atoms with Gasteiger partial charge in [0.2, 0.25) is 0 Å². The van der Waals surface area contributed by atoms with Crippen molar-refractivity contribution in [1.82, 2.24) is 0 Å². The van der Waals surface area contributed by atoms with E-state index in [0.717, 1.165) is 77.0 Å². The molecule has 1 unspecified atom stereocenters. The summed E-state index contributed by atoms with van der Waals surface area (Å²) in [5, 5.41) is 0. The number of carbonyl (C=O) groups is 3. The zero-order valence-electron chi connectivity index (χ0n) is 56.2. The van der Waals surface area contributed by atoms with Crippen LogP contribution in [-0.2, 0) is 28.6 Å². The lowest BCUT2D eigenvalue weighted by atomic mass is 10.0. The Hall–Kier alpha value is -2.37. The highest BCUT2D eigenvalue weighted by atomic mass is 16.6. The minimum atomic E-state index is -0.775. The topological polar surface area (TPSA) is 78.9 Å². The Morgan fingerprint density at radius 2 is 0.434 bits per heavy atom. The molecule has 0 aromatic carbocycles. The van der Waals surface area contributed by atoms with Gasteiger partial charge in [-0.1, -0.05) is 378 Å². The first-order chi connectivity index (χ1) is 41.0. The molecule has 488 valence electrons. The number of rotatable bonds is 70. The van der Waals surface area contributed by atoms with Crippen LogP contribution in [0.2, 0.25) is 0 Å². The van der Waals surface area contributed by atoms with Crippen LogP contribution in [0, 0.1) is 0 Å². The summed E-state index contributed by atoms with van der Waals surface area (Å²) in [6.07, 6.45) is 90.4. The van der Waals surface area contributed by atoms with Gasteiger partial charge >= 0.3 is 17.9 Å². The maximum absolute atomic E-state index is 13.0. The Bertz CT molecular complexity index is 1380. The third-order valence-corrected chi connectivity index (χ3v) is 17.1. The van der Waals surface area contributed by atoms with Crippen LogP contribution in [-0.4, -0.2) is 37.2 Å². The van der Waals surface area contributed by atoms with Crippen molar-refractivity contribution in [2.45, 2.75) is 425 Å². The summed E-state index contributed by atoms with van der Waals surface area (Å²) >= 11 is 0. The standard InChI is InChI=1S/C77H144O6/c1-4-7-10-13-16-19-22-25-28-31-33-35-37-38-39-41-42-44-46-49-52-55-58-61-64-67-70-76(79)82-73-74(72-81-75(78)69-66-63-60-57-54-51-48-30-27-24-21-18-15-12-9-6-3)83-77(80)71-68-65-62-59-56-53-50-47-45-43-40-36-34-32-29-26-23-20-17-14-11-8-5-2/h23,26,32,34,40,43,74H,4-22,24-25,27-31,33,35-39,41-42,44-73H2,1-3H3/b26-23-,34-32-,43-40-. The minimum absolute atomic E-state index is 0.0690. The first-order valence-electron chi connectivity index (χ1n) is 37.5. The van der Waals surface area contributed by atoms with E-state index < -0.39 is 6.10 Å². The lowest BCUT2D eigenvalue weighted by Crippen LogP contribution is -2.30. The molecule has 6 nitrogen and oxygen atoms in total. The van der Waals surface area contributed by atoms with Crippen LogP contribution in [0.15, 0.2) is 36.5 Å². The molecule has 1 atom stereocenters. The van der Waals surface area contributed by atoms with Crippen molar-refractivity contribution in [3.8, 4) is 0 Å². The molecule has 0 bridgehead atoms. The van der Waals surface area contributed by atoms with Crippen LogP contribution in [0.25, 0.3) is 0 Å². The van der Waals surface area contributed by atoms with Gasteiger partial charge in [-0.05, 0) is 57.8 Å². The fraction of sp³-hybridized carbons (Fsp3) is 0.883. The van der Waals surface area contributed by atoms with Gasteiger partial charge in [0, 0.05) is 19.3 Å². The largest absolute Gasteiger partial charge is 0.462 e. The molecular formula is C77H144O6. The lowest BCUT2D eigenvalue weighted by Gasteiger charge is -2.18. The van der Waals surface area contributed by atoms with Gasteiger partial charge in [0.1, 0.15) is 13.2 Å². The molecule has 0 amide bonds. The molecule has 0 N–H and O–H groups in total. The van der Waals surface area contributed by atoms with Gasteiger partial charge in [-0.15, -0.1) is 0 Å². The quantitative estimate of drug-likeness (QED) is 0.0261. The number of hydrogen-bond donors (Lipinski definition) is 0. The number of ether oxygens (including phenoxy) is 3. The molecule has 0 aliphatic carbocycles. The van der Waals surface area contributed by atoms with Crippen molar-refractivity contribution in [2.24, 2.45) is 0 Å². The van der Waals surface area contributed by atoms with E-state index in [1.807, 2.05) is 0 Å². The summed E-state index contributed by atoms with van der Waals surface area (Å²) in [7, 11) is 0. The van der Waals surface area contributed by atoms with E-state index in [-0.39, 0.29) is 31.1 Å². The normalized spacial score (nSPS) is 12.2. The Morgan fingerprint density at radius 3 is 0.675 bits per heavy atom. The molecule has 0 radical (unpaired) electrons. The Balaban J connectivity index is 4.27. The molecule has 0 saturated carbocycles. The van der Waals surface area contributed by atoms with Crippen LogP contribution in [0.1, 0.15) is 419 Å². The molecule has 0 heterocycles. The van der Waals surface area contributed by atoms with Gasteiger partial charge in [-0.3, -0.25) is 14.4 Å². The highest BCUT2D eigenvalue weighted by molar-refractivity contribution is 5.71. The van der Waals surface area contributed by atoms with Gasteiger partial charge in [0.05, 0.1) is 0 Å². The van der Waals surface area contributed by atoms with Crippen molar-refractivity contribution in [3.05, 3.63) is 36.5 Å². The minimum Gasteiger partial charge on any atom is -0.462 e. The van der Waals surface area contributed by atoms with E-state index in [2.05, 4.69) is 57.2 Å². The SMILES string of the molecule is CCCCCCC/C=C\C/C=C\C/C=C\CCCCCCCCCCC(=O)OC(COC(=O)CCCCCCCCCCCCCCCCCC)COC(=O)CCCCCCCCCCCCCCCCCCCCCCCCCCCC.